The van der Waals surface area contributed by atoms with Gasteiger partial charge < -0.3 is 19.7 Å². The number of phenols is 1. The summed E-state index contributed by atoms with van der Waals surface area (Å²) in [5.74, 6) is -3.47. The summed E-state index contributed by atoms with van der Waals surface area (Å²) >= 11 is 3.42. The summed E-state index contributed by atoms with van der Waals surface area (Å²) in [6, 6.07) is 8.24. The van der Waals surface area contributed by atoms with Crippen molar-refractivity contribution in [3.05, 3.63) is 58.4 Å². The molecule has 0 saturated carbocycles. The number of rotatable bonds is 8. The van der Waals surface area contributed by atoms with Crippen molar-refractivity contribution in [2.45, 2.75) is 139 Å². The molecule has 0 amide bonds. The molecule has 7 nitrogen and oxygen atoms in total. The van der Waals surface area contributed by atoms with Crippen LogP contribution in [0.2, 0.25) is 0 Å². The van der Waals surface area contributed by atoms with Crippen LogP contribution in [-0.4, -0.2) is 32.2 Å². The number of carboxylic acid groups (broad SMARTS) is 1. The van der Waals surface area contributed by atoms with Gasteiger partial charge in [0, 0.05) is 39.0 Å². The third-order valence-corrected chi connectivity index (χ3v) is 9.45. The molecule has 0 aliphatic carbocycles. The average Bonchev–Trinajstić information content (AvgIpc) is 2.81. The fraction of sp³-hybridized carbons (Fsp3) is 0.541. The Bertz CT molecular complexity index is 1450. The monoisotopic (exact) mass is 672 g/mol. The summed E-state index contributed by atoms with van der Waals surface area (Å²) in [6.07, 6.45) is 0.681. The molecule has 9 heteroatoms. The van der Waals surface area contributed by atoms with Crippen LogP contribution in [0.5, 0.6) is 11.5 Å². The number of esters is 2. The lowest BCUT2D eigenvalue weighted by molar-refractivity contribution is -0.147. The van der Waals surface area contributed by atoms with Gasteiger partial charge in [0.2, 0.25) is 5.76 Å². The second-order valence-corrected chi connectivity index (χ2v) is 19.8. The maximum atomic E-state index is 13.0. The van der Waals surface area contributed by atoms with Crippen molar-refractivity contribution in [2.75, 3.05) is 0 Å². The minimum absolute atomic E-state index is 0.243. The molecule has 0 aromatic heterocycles. The molecule has 2 aromatic rings. The number of ether oxygens (including phenoxy) is 2. The van der Waals surface area contributed by atoms with E-state index in [2.05, 4.69) is 67.5 Å². The van der Waals surface area contributed by atoms with Crippen molar-refractivity contribution in [3.63, 3.8) is 0 Å². The van der Waals surface area contributed by atoms with E-state index in [1.165, 1.54) is 0 Å². The molecule has 254 valence electrons. The van der Waals surface area contributed by atoms with Gasteiger partial charge in [0.05, 0.1) is 10.2 Å². The lowest BCUT2D eigenvalue weighted by atomic mass is 9.79. The SMILES string of the molecule is CC(=O)O/C(=C\C(=O)Oc1c(C(C)(C)C)cc(SC(C)(C)Sc2cc(C(C)(C)C)c(O)c(C(C)(C)C)c2)cc1C(C)(C)C)C(=O)O. The van der Waals surface area contributed by atoms with Gasteiger partial charge in [0.15, 0.2) is 0 Å². The number of thioether (sulfide) groups is 2. The summed E-state index contributed by atoms with van der Waals surface area (Å²) in [7, 11) is 0. The van der Waals surface area contributed by atoms with Gasteiger partial charge in [-0.1, -0.05) is 83.1 Å². The Hall–Kier alpha value is -2.91. The Morgan fingerprint density at radius 2 is 1.00 bits per heavy atom. The van der Waals surface area contributed by atoms with Gasteiger partial charge in [0.25, 0.3) is 0 Å². The Morgan fingerprint density at radius 1 is 0.652 bits per heavy atom. The highest BCUT2D eigenvalue weighted by Gasteiger charge is 2.33. The first kappa shape index (κ1) is 39.3. The molecule has 0 fully saturated rings. The van der Waals surface area contributed by atoms with Gasteiger partial charge in [-0.15, -0.1) is 23.5 Å². The Kier molecular flexibility index (Phi) is 11.7. The first-order valence-corrected chi connectivity index (χ1v) is 17.0. The molecule has 2 aromatic carbocycles. The van der Waals surface area contributed by atoms with E-state index >= 15 is 0 Å². The van der Waals surface area contributed by atoms with Gasteiger partial charge in [0.1, 0.15) is 11.5 Å². The van der Waals surface area contributed by atoms with Crippen molar-refractivity contribution in [1.82, 2.24) is 0 Å². The number of phenolic OH excluding ortho intramolecular Hbond substituents is 1. The molecule has 0 unspecified atom stereocenters. The van der Waals surface area contributed by atoms with E-state index in [1.807, 2.05) is 53.7 Å². The number of hydrogen-bond acceptors (Lipinski definition) is 8. The molecule has 46 heavy (non-hydrogen) atoms. The van der Waals surface area contributed by atoms with E-state index in [-0.39, 0.29) is 14.9 Å². The smallest absolute Gasteiger partial charge is 0.372 e. The number of aromatic hydroxyl groups is 1. The third-order valence-electron chi connectivity index (χ3n) is 7.02. The predicted octanol–water partition coefficient (Wildman–Crippen LogP) is 9.64. The Morgan fingerprint density at radius 3 is 1.30 bits per heavy atom. The first-order valence-electron chi connectivity index (χ1n) is 15.3. The number of benzene rings is 2. The van der Waals surface area contributed by atoms with Gasteiger partial charge in [-0.2, -0.15) is 0 Å². The van der Waals surface area contributed by atoms with E-state index < -0.39 is 34.5 Å². The maximum absolute atomic E-state index is 13.0. The normalized spacial score (nSPS) is 13.4. The first-order chi connectivity index (χ1) is 20.5. The molecule has 0 heterocycles. The van der Waals surface area contributed by atoms with Gasteiger partial charge in [-0.25, -0.2) is 9.59 Å². The van der Waals surface area contributed by atoms with Crippen LogP contribution >= 0.6 is 23.5 Å². The van der Waals surface area contributed by atoms with Crippen molar-refractivity contribution in [1.29, 1.82) is 0 Å². The maximum Gasteiger partial charge on any atom is 0.372 e. The molecule has 0 saturated heterocycles. The van der Waals surface area contributed by atoms with Crippen LogP contribution in [0.15, 0.2) is 45.9 Å². The van der Waals surface area contributed by atoms with Gasteiger partial charge in [-0.3, -0.25) is 4.79 Å². The third kappa shape index (κ3) is 10.6. The van der Waals surface area contributed by atoms with Crippen LogP contribution in [-0.2, 0) is 40.8 Å². The summed E-state index contributed by atoms with van der Waals surface area (Å²) in [5.41, 5.74) is 2.01. The molecule has 0 aliphatic rings. The van der Waals surface area contributed by atoms with Crippen LogP contribution in [0.1, 0.15) is 126 Å². The minimum atomic E-state index is -1.55. The van der Waals surface area contributed by atoms with Crippen LogP contribution in [0.4, 0.5) is 0 Å². The fourth-order valence-electron chi connectivity index (χ4n) is 4.81. The molecule has 0 atom stereocenters. The number of aliphatic carboxylic acids is 1. The second-order valence-electron chi connectivity index (χ2n) is 16.1. The second kappa shape index (κ2) is 13.7. The molecular formula is C37H52O7S2. The highest BCUT2D eigenvalue weighted by atomic mass is 32.2. The molecule has 0 bridgehead atoms. The fourth-order valence-corrected chi connectivity index (χ4v) is 7.40. The van der Waals surface area contributed by atoms with E-state index in [0.29, 0.717) is 17.6 Å². The summed E-state index contributed by atoms with van der Waals surface area (Å²) in [6.45, 7) is 30.2. The van der Waals surface area contributed by atoms with Gasteiger partial charge >= 0.3 is 17.9 Å². The van der Waals surface area contributed by atoms with Crippen molar-refractivity contribution in [2.24, 2.45) is 0 Å². The van der Waals surface area contributed by atoms with Crippen LogP contribution in [0.3, 0.4) is 0 Å². The summed E-state index contributed by atoms with van der Waals surface area (Å²) in [5, 5.41) is 20.6. The highest BCUT2D eigenvalue weighted by Crippen LogP contribution is 2.51. The molecular weight excluding hydrogens is 621 g/mol. The van der Waals surface area contributed by atoms with Crippen LogP contribution in [0, 0.1) is 0 Å². The zero-order chi connectivity index (χ0) is 35.8. The molecule has 2 N–H and O–H groups in total. The summed E-state index contributed by atoms with van der Waals surface area (Å²) in [4.78, 5) is 38.0. The van der Waals surface area contributed by atoms with Crippen molar-refractivity contribution in [3.8, 4) is 11.5 Å². The number of carboxylic acids is 1. The van der Waals surface area contributed by atoms with E-state index in [9.17, 15) is 24.6 Å². The Balaban J connectivity index is 2.67. The topological polar surface area (TPSA) is 110 Å². The standard InChI is InChI=1S/C37H52O7S2/c1-21(38)43-28(32(41)42)20-29(39)44-31-26(35(8,9)10)18-23(19-27(31)36(11,12)13)46-37(14,15)45-22-16-24(33(2,3)4)30(40)25(17-22)34(5,6)7/h16-20,40H,1-15H3,(H,41,42)/b28-20-. The lowest BCUT2D eigenvalue weighted by Gasteiger charge is -2.32. The van der Waals surface area contributed by atoms with Crippen LogP contribution in [0.25, 0.3) is 0 Å². The summed E-state index contributed by atoms with van der Waals surface area (Å²) < 4.78 is 10.2. The predicted molar refractivity (Wildman–Crippen MR) is 188 cm³/mol. The number of carbonyl (C=O) groups excluding carboxylic acids is 2. The molecule has 0 spiro atoms. The zero-order valence-corrected chi connectivity index (χ0v) is 31.8. The molecule has 2 rings (SSSR count). The van der Waals surface area contributed by atoms with Crippen molar-refractivity contribution >= 4 is 41.4 Å². The van der Waals surface area contributed by atoms with E-state index in [1.54, 1.807) is 23.5 Å². The van der Waals surface area contributed by atoms with Gasteiger partial charge in [-0.05, 0) is 59.8 Å². The van der Waals surface area contributed by atoms with Crippen molar-refractivity contribution < 1.29 is 34.1 Å². The largest absolute Gasteiger partial charge is 0.507 e. The van der Waals surface area contributed by atoms with Crippen LogP contribution < -0.4 is 4.74 Å². The molecule has 0 radical (unpaired) electrons. The Labute approximate surface area is 283 Å². The number of hydrogen-bond donors (Lipinski definition) is 2. The zero-order valence-electron chi connectivity index (χ0n) is 30.1. The highest BCUT2D eigenvalue weighted by molar-refractivity contribution is 8.18. The van der Waals surface area contributed by atoms with E-state index in [0.717, 1.165) is 39.0 Å². The quantitative estimate of drug-likeness (QED) is 0.0707. The minimum Gasteiger partial charge on any atom is -0.507 e. The lowest BCUT2D eigenvalue weighted by Crippen LogP contribution is -2.22. The van der Waals surface area contributed by atoms with E-state index in [4.69, 9.17) is 9.47 Å². The molecule has 0 aliphatic heterocycles. The number of carbonyl (C=O) groups is 3. The average molecular weight is 673 g/mol.